The summed E-state index contributed by atoms with van der Waals surface area (Å²) in [5.74, 6) is 1.76. The number of hydrogen-bond donors (Lipinski definition) is 1. The highest BCUT2D eigenvalue weighted by molar-refractivity contribution is 5.53. The van der Waals surface area contributed by atoms with Crippen molar-refractivity contribution in [2.24, 2.45) is 0 Å². The van der Waals surface area contributed by atoms with Crippen molar-refractivity contribution in [1.82, 2.24) is 24.5 Å². The zero-order valence-corrected chi connectivity index (χ0v) is 12.9. The molecule has 1 atom stereocenters. The van der Waals surface area contributed by atoms with E-state index in [1.54, 1.807) is 0 Å². The Labute approximate surface area is 130 Å². The van der Waals surface area contributed by atoms with E-state index in [2.05, 4.69) is 40.2 Å². The smallest absolute Gasteiger partial charge is 0.113 e. The number of fused-ring (bicyclic) bond motifs is 2. The Bertz CT molecular complexity index is 785. The van der Waals surface area contributed by atoms with Crippen LogP contribution in [0.5, 0.6) is 0 Å². The summed E-state index contributed by atoms with van der Waals surface area (Å²) in [6.45, 7) is 5.01. The van der Waals surface area contributed by atoms with Crippen molar-refractivity contribution in [2.75, 3.05) is 6.54 Å². The molecule has 3 aromatic heterocycles. The van der Waals surface area contributed by atoms with E-state index < -0.39 is 0 Å². The lowest BCUT2D eigenvalue weighted by Crippen LogP contribution is -2.26. The van der Waals surface area contributed by atoms with Gasteiger partial charge in [0, 0.05) is 43.5 Å². The molecule has 114 valence electrons. The highest BCUT2D eigenvalue weighted by Crippen LogP contribution is 2.26. The Morgan fingerprint density at radius 3 is 3.27 bits per heavy atom. The highest BCUT2D eigenvalue weighted by atomic mass is 15.2. The summed E-state index contributed by atoms with van der Waals surface area (Å²) >= 11 is 0. The van der Waals surface area contributed by atoms with Crippen molar-refractivity contribution in [3.05, 3.63) is 53.9 Å². The molecular weight excluding hydrogens is 274 g/mol. The van der Waals surface area contributed by atoms with Gasteiger partial charge in [0.2, 0.25) is 0 Å². The van der Waals surface area contributed by atoms with Gasteiger partial charge in [-0.25, -0.2) is 9.50 Å². The molecule has 3 aromatic rings. The topological polar surface area (TPSA) is 47.2 Å². The minimum absolute atomic E-state index is 0.518. The van der Waals surface area contributed by atoms with Gasteiger partial charge >= 0.3 is 0 Å². The summed E-state index contributed by atoms with van der Waals surface area (Å²) < 4.78 is 4.24. The van der Waals surface area contributed by atoms with Gasteiger partial charge in [0.25, 0.3) is 0 Å². The van der Waals surface area contributed by atoms with Gasteiger partial charge in [0.05, 0.1) is 17.4 Å². The van der Waals surface area contributed by atoms with Gasteiger partial charge in [-0.3, -0.25) is 0 Å². The molecule has 0 amide bonds. The molecule has 0 saturated heterocycles. The number of nitrogens with zero attached hydrogens (tertiary/aromatic N) is 4. The summed E-state index contributed by atoms with van der Waals surface area (Å²) in [6.07, 6.45) is 8.57. The van der Waals surface area contributed by atoms with Crippen molar-refractivity contribution in [3.8, 4) is 0 Å². The van der Waals surface area contributed by atoms with E-state index in [4.69, 9.17) is 4.98 Å². The third kappa shape index (κ3) is 2.41. The van der Waals surface area contributed by atoms with E-state index in [0.29, 0.717) is 5.92 Å². The summed E-state index contributed by atoms with van der Waals surface area (Å²) in [5, 5.41) is 7.98. The second-order valence-electron chi connectivity index (χ2n) is 6.10. The molecule has 0 bridgehead atoms. The largest absolute Gasteiger partial charge is 0.334 e. The fourth-order valence-corrected chi connectivity index (χ4v) is 3.41. The van der Waals surface area contributed by atoms with Crippen LogP contribution in [0.1, 0.15) is 35.8 Å². The van der Waals surface area contributed by atoms with Crippen LogP contribution >= 0.6 is 0 Å². The number of nitrogens with one attached hydrogen (secondary N) is 1. The molecule has 0 fully saturated rings. The second-order valence-corrected chi connectivity index (χ2v) is 6.10. The average molecular weight is 295 g/mol. The van der Waals surface area contributed by atoms with E-state index in [1.807, 2.05) is 23.0 Å². The maximum absolute atomic E-state index is 4.70. The molecule has 5 heteroatoms. The van der Waals surface area contributed by atoms with Gasteiger partial charge in [-0.2, -0.15) is 5.10 Å². The zero-order valence-electron chi connectivity index (χ0n) is 12.9. The molecule has 0 radical (unpaired) electrons. The number of aryl methyl sites for hydroxylation is 2. The lowest BCUT2D eigenvalue weighted by molar-refractivity contribution is 0.423. The molecule has 1 aliphatic rings. The van der Waals surface area contributed by atoms with Crippen molar-refractivity contribution in [3.63, 3.8) is 0 Å². The third-order valence-corrected chi connectivity index (χ3v) is 4.46. The lowest BCUT2D eigenvalue weighted by Gasteiger charge is -2.23. The first kappa shape index (κ1) is 13.5. The van der Waals surface area contributed by atoms with Crippen LogP contribution in [0, 0.1) is 6.92 Å². The van der Waals surface area contributed by atoms with Crippen molar-refractivity contribution in [1.29, 1.82) is 0 Å². The third-order valence-electron chi connectivity index (χ3n) is 4.46. The first-order valence-corrected chi connectivity index (χ1v) is 7.97. The average Bonchev–Trinajstić information content (AvgIpc) is 3.11. The Hall–Kier alpha value is -2.14. The van der Waals surface area contributed by atoms with Gasteiger partial charge < -0.3 is 9.88 Å². The van der Waals surface area contributed by atoms with Crippen LogP contribution in [-0.2, 0) is 13.1 Å². The molecular formula is C17H21N5. The van der Waals surface area contributed by atoms with Gasteiger partial charge in [0.15, 0.2) is 0 Å². The van der Waals surface area contributed by atoms with Gasteiger partial charge in [-0.05, 0) is 31.9 Å². The van der Waals surface area contributed by atoms with E-state index in [9.17, 15) is 0 Å². The Morgan fingerprint density at radius 1 is 1.36 bits per heavy atom. The summed E-state index contributed by atoms with van der Waals surface area (Å²) in [5.41, 5.74) is 3.55. The van der Waals surface area contributed by atoms with Crippen LogP contribution in [0.25, 0.3) is 5.52 Å². The minimum atomic E-state index is 0.518. The lowest BCUT2D eigenvalue weighted by atomic mass is 9.99. The van der Waals surface area contributed by atoms with E-state index >= 15 is 0 Å². The quantitative estimate of drug-likeness (QED) is 0.804. The van der Waals surface area contributed by atoms with Gasteiger partial charge in [0.1, 0.15) is 5.82 Å². The number of pyridine rings is 1. The molecule has 1 N–H and O–H groups in total. The van der Waals surface area contributed by atoms with E-state index in [0.717, 1.165) is 25.3 Å². The molecule has 1 aliphatic heterocycles. The predicted molar refractivity (Wildman–Crippen MR) is 85.8 cm³/mol. The second kappa shape index (κ2) is 5.57. The minimum Gasteiger partial charge on any atom is -0.334 e. The normalized spacial score (nSPS) is 17.8. The predicted octanol–water partition coefficient (Wildman–Crippen LogP) is 2.51. The van der Waals surface area contributed by atoms with Crippen LogP contribution in [0.2, 0.25) is 0 Å². The molecule has 0 saturated carbocycles. The SMILES string of the molecule is Cc1cn2c(n1)[C@H](CNCc1cnn3ccccc13)CCC2. The molecule has 0 aromatic carbocycles. The number of aromatic nitrogens is 4. The molecule has 4 heterocycles. The zero-order chi connectivity index (χ0) is 14.9. The van der Waals surface area contributed by atoms with Crippen LogP contribution in [0.4, 0.5) is 0 Å². The molecule has 0 aliphatic carbocycles. The molecule has 0 spiro atoms. The number of hydrogen-bond acceptors (Lipinski definition) is 3. The summed E-state index contributed by atoms with van der Waals surface area (Å²) in [7, 11) is 0. The first-order chi connectivity index (χ1) is 10.8. The first-order valence-electron chi connectivity index (χ1n) is 7.97. The van der Waals surface area contributed by atoms with Crippen LogP contribution < -0.4 is 5.32 Å². The van der Waals surface area contributed by atoms with Crippen molar-refractivity contribution in [2.45, 2.75) is 38.8 Å². The van der Waals surface area contributed by atoms with Crippen LogP contribution in [0.3, 0.4) is 0 Å². The highest BCUT2D eigenvalue weighted by Gasteiger charge is 2.22. The van der Waals surface area contributed by atoms with Gasteiger partial charge in [-0.1, -0.05) is 6.07 Å². The van der Waals surface area contributed by atoms with Crippen LogP contribution in [0.15, 0.2) is 36.8 Å². The molecule has 4 rings (SSSR count). The van der Waals surface area contributed by atoms with Crippen LogP contribution in [-0.4, -0.2) is 25.7 Å². The molecule has 0 unspecified atom stereocenters. The maximum atomic E-state index is 4.70. The molecule has 5 nitrogen and oxygen atoms in total. The van der Waals surface area contributed by atoms with Gasteiger partial charge in [-0.15, -0.1) is 0 Å². The Morgan fingerprint density at radius 2 is 2.32 bits per heavy atom. The van der Waals surface area contributed by atoms with E-state index in [1.165, 1.54) is 29.7 Å². The molecule has 22 heavy (non-hydrogen) atoms. The fourth-order valence-electron chi connectivity index (χ4n) is 3.41. The fraction of sp³-hybridized carbons (Fsp3) is 0.412. The number of imidazole rings is 1. The summed E-state index contributed by atoms with van der Waals surface area (Å²) in [6, 6.07) is 6.17. The Balaban J connectivity index is 1.43. The summed E-state index contributed by atoms with van der Waals surface area (Å²) in [4.78, 5) is 4.70. The number of rotatable bonds is 4. The monoisotopic (exact) mass is 295 g/mol. The Kier molecular flexibility index (Phi) is 3.42. The maximum Gasteiger partial charge on any atom is 0.113 e. The standard InChI is InChI=1S/C17H21N5/c1-13-12-21-7-4-5-14(17(21)20-13)9-18-10-15-11-19-22-8-3-2-6-16(15)22/h2-3,6,8,11-12,14,18H,4-5,7,9-10H2,1H3/t14-/m0/s1. The van der Waals surface area contributed by atoms with Crippen molar-refractivity contribution < 1.29 is 0 Å². The van der Waals surface area contributed by atoms with Crippen molar-refractivity contribution >= 4 is 5.52 Å². The van der Waals surface area contributed by atoms with E-state index in [-0.39, 0.29) is 0 Å².